The third-order valence-electron chi connectivity index (χ3n) is 3.55. The topological polar surface area (TPSA) is 79.8 Å². The Hall–Kier alpha value is -2.02. The lowest BCUT2D eigenvalue weighted by Crippen LogP contribution is -2.38. The van der Waals surface area contributed by atoms with E-state index in [4.69, 9.17) is 0 Å². The van der Waals surface area contributed by atoms with Crippen LogP contribution in [0.5, 0.6) is 0 Å². The summed E-state index contributed by atoms with van der Waals surface area (Å²) in [7, 11) is 0. The number of carbonyl (C=O) groups excluding carboxylic acids is 1. The van der Waals surface area contributed by atoms with Crippen molar-refractivity contribution in [2.45, 2.75) is 39.3 Å². The van der Waals surface area contributed by atoms with E-state index in [9.17, 15) is 4.79 Å². The largest absolute Gasteiger partial charge is 0.332 e. The Bertz CT molecular complexity index is 667. The van der Waals surface area contributed by atoms with Gasteiger partial charge in [-0.1, -0.05) is 0 Å². The Morgan fingerprint density at radius 2 is 2.23 bits per heavy atom. The number of aromatic nitrogens is 3. The maximum Gasteiger partial charge on any atom is 0.315 e. The second-order valence-corrected chi connectivity index (χ2v) is 6.81. The summed E-state index contributed by atoms with van der Waals surface area (Å²) >= 11 is 1.65. The summed E-state index contributed by atoms with van der Waals surface area (Å²) in [6.07, 6.45) is 5.85. The van der Waals surface area contributed by atoms with Crippen LogP contribution >= 0.6 is 11.3 Å². The summed E-state index contributed by atoms with van der Waals surface area (Å²) < 4.78 is 0. The Morgan fingerprint density at radius 1 is 1.41 bits per heavy atom. The number of amides is 2. The number of hydrogen-bond donors (Lipinski definition) is 2. The highest BCUT2D eigenvalue weighted by Gasteiger charge is 2.35. The van der Waals surface area contributed by atoms with Crippen LogP contribution in [0.3, 0.4) is 0 Å². The Kier molecular flexibility index (Phi) is 4.33. The molecular weight excluding hydrogens is 298 g/mol. The molecule has 2 N–H and O–H groups in total. The molecule has 1 aliphatic carbocycles. The molecule has 1 fully saturated rings. The second kappa shape index (κ2) is 6.39. The molecule has 0 unspecified atom stereocenters. The molecule has 2 aromatic rings. The molecule has 2 amide bonds. The first-order valence-corrected chi connectivity index (χ1v) is 8.18. The van der Waals surface area contributed by atoms with E-state index in [0.29, 0.717) is 18.3 Å². The van der Waals surface area contributed by atoms with Crippen LogP contribution in [0.4, 0.5) is 4.79 Å². The maximum atomic E-state index is 12.1. The Labute approximate surface area is 133 Å². The number of carbonyl (C=O) groups is 1. The molecule has 1 aliphatic rings. The minimum atomic E-state index is -0.180. The zero-order valence-corrected chi connectivity index (χ0v) is 13.5. The summed E-state index contributed by atoms with van der Waals surface area (Å²) in [5.74, 6) is 1.21. The van der Waals surface area contributed by atoms with Gasteiger partial charge < -0.3 is 10.6 Å². The lowest BCUT2D eigenvalue weighted by atomic mass is 10.2. The fraction of sp³-hybridized carbons (Fsp3) is 0.467. The molecule has 1 atom stereocenters. The van der Waals surface area contributed by atoms with E-state index < -0.39 is 0 Å². The molecule has 0 spiro atoms. The van der Waals surface area contributed by atoms with Crippen molar-refractivity contribution in [3.63, 3.8) is 0 Å². The van der Waals surface area contributed by atoms with Crippen LogP contribution in [0.25, 0.3) is 0 Å². The van der Waals surface area contributed by atoms with Gasteiger partial charge in [-0.3, -0.25) is 0 Å². The van der Waals surface area contributed by atoms with Crippen LogP contribution in [-0.4, -0.2) is 21.0 Å². The van der Waals surface area contributed by atoms with Crippen molar-refractivity contribution in [2.24, 2.45) is 5.92 Å². The van der Waals surface area contributed by atoms with E-state index in [2.05, 4.69) is 25.6 Å². The van der Waals surface area contributed by atoms with E-state index >= 15 is 0 Å². The number of thiazole rings is 1. The number of hydrogen-bond acceptors (Lipinski definition) is 5. The smallest absolute Gasteiger partial charge is 0.315 e. The van der Waals surface area contributed by atoms with Crippen molar-refractivity contribution in [1.82, 2.24) is 25.6 Å². The molecule has 6 nitrogen and oxygen atoms in total. The summed E-state index contributed by atoms with van der Waals surface area (Å²) in [6.45, 7) is 4.25. The molecule has 0 radical (unpaired) electrons. The van der Waals surface area contributed by atoms with Gasteiger partial charge in [0.15, 0.2) is 0 Å². The minimum absolute atomic E-state index is 0.0193. The normalized spacial score (nSPS) is 15.4. The van der Waals surface area contributed by atoms with Gasteiger partial charge in [-0.2, -0.15) is 0 Å². The first-order chi connectivity index (χ1) is 10.6. The molecule has 0 bridgehead atoms. The van der Waals surface area contributed by atoms with Crippen LogP contribution in [0.1, 0.15) is 40.3 Å². The van der Waals surface area contributed by atoms with Crippen molar-refractivity contribution in [2.75, 3.05) is 0 Å². The number of nitrogens with zero attached hydrogens (tertiary/aromatic N) is 3. The molecule has 22 heavy (non-hydrogen) atoms. The lowest BCUT2D eigenvalue weighted by Gasteiger charge is -2.16. The molecular formula is C15H19N5OS. The van der Waals surface area contributed by atoms with Crippen molar-refractivity contribution in [3.8, 4) is 0 Å². The predicted octanol–water partition coefficient (Wildman–Crippen LogP) is 2.50. The predicted molar refractivity (Wildman–Crippen MR) is 84.5 cm³/mol. The fourth-order valence-electron chi connectivity index (χ4n) is 2.29. The van der Waals surface area contributed by atoms with Gasteiger partial charge in [0.2, 0.25) is 0 Å². The Morgan fingerprint density at radius 3 is 2.86 bits per heavy atom. The molecule has 7 heteroatoms. The highest BCUT2D eigenvalue weighted by Crippen LogP contribution is 2.41. The molecule has 2 heterocycles. The first kappa shape index (κ1) is 14.9. The van der Waals surface area contributed by atoms with Crippen molar-refractivity contribution < 1.29 is 4.79 Å². The monoisotopic (exact) mass is 317 g/mol. The standard InChI is InChI=1S/C15H19N5OS/c1-9-7-17-14(22-9)13(11-3-4-11)20-15(21)18-8-12-5-6-16-10(2)19-12/h5-7,11,13H,3-4,8H2,1-2H3,(H2,18,20,21)/t13-/m0/s1. The fourth-order valence-corrected chi connectivity index (χ4v) is 3.21. The number of nitrogens with one attached hydrogen (secondary N) is 2. The zero-order chi connectivity index (χ0) is 15.5. The molecule has 0 aliphatic heterocycles. The summed E-state index contributed by atoms with van der Waals surface area (Å²) in [5, 5.41) is 6.89. The quantitative estimate of drug-likeness (QED) is 0.888. The van der Waals surface area contributed by atoms with E-state index in [1.807, 2.05) is 20.0 Å². The third-order valence-corrected chi connectivity index (χ3v) is 4.54. The molecule has 1 saturated carbocycles. The average Bonchev–Trinajstić information content (AvgIpc) is 3.24. The number of aryl methyl sites for hydroxylation is 2. The molecule has 3 rings (SSSR count). The minimum Gasteiger partial charge on any atom is -0.332 e. The van der Waals surface area contributed by atoms with Gasteiger partial charge >= 0.3 is 6.03 Å². The Balaban J connectivity index is 1.57. The summed E-state index contributed by atoms with van der Waals surface area (Å²) in [6, 6.07) is 1.64. The number of rotatable bonds is 5. The van der Waals surface area contributed by atoms with Gasteiger partial charge in [-0.15, -0.1) is 11.3 Å². The number of urea groups is 1. The van der Waals surface area contributed by atoms with E-state index in [-0.39, 0.29) is 12.1 Å². The van der Waals surface area contributed by atoms with Gasteiger partial charge in [0.05, 0.1) is 18.3 Å². The third kappa shape index (κ3) is 3.79. The SMILES string of the molecule is Cc1nccc(CNC(=O)N[C@H](c2ncc(C)s2)C2CC2)n1. The van der Waals surface area contributed by atoms with Crippen LogP contribution in [0.15, 0.2) is 18.5 Å². The van der Waals surface area contributed by atoms with E-state index in [0.717, 1.165) is 23.5 Å². The molecule has 0 saturated heterocycles. The van der Waals surface area contributed by atoms with Crippen molar-refractivity contribution >= 4 is 17.4 Å². The van der Waals surface area contributed by atoms with Gasteiger partial charge in [-0.05, 0) is 38.7 Å². The van der Waals surface area contributed by atoms with Gasteiger partial charge in [0.1, 0.15) is 10.8 Å². The van der Waals surface area contributed by atoms with Gasteiger partial charge in [0.25, 0.3) is 0 Å². The molecule has 2 aromatic heterocycles. The van der Waals surface area contributed by atoms with Gasteiger partial charge in [-0.25, -0.2) is 19.7 Å². The highest BCUT2D eigenvalue weighted by molar-refractivity contribution is 7.11. The van der Waals surface area contributed by atoms with Crippen LogP contribution in [-0.2, 0) is 6.54 Å². The van der Waals surface area contributed by atoms with E-state index in [1.54, 1.807) is 23.6 Å². The first-order valence-electron chi connectivity index (χ1n) is 7.37. The van der Waals surface area contributed by atoms with Crippen molar-refractivity contribution in [1.29, 1.82) is 0 Å². The second-order valence-electron chi connectivity index (χ2n) is 5.55. The lowest BCUT2D eigenvalue weighted by molar-refractivity contribution is 0.235. The zero-order valence-electron chi connectivity index (χ0n) is 12.7. The van der Waals surface area contributed by atoms with Crippen LogP contribution in [0, 0.1) is 19.8 Å². The van der Waals surface area contributed by atoms with Gasteiger partial charge in [0, 0.05) is 17.3 Å². The highest BCUT2D eigenvalue weighted by atomic mass is 32.1. The average molecular weight is 317 g/mol. The van der Waals surface area contributed by atoms with E-state index in [1.165, 1.54) is 4.88 Å². The van der Waals surface area contributed by atoms with Crippen LogP contribution < -0.4 is 10.6 Å². The summed E-state index contributed by atoms with van der Waals surface area (Å²) in [5.41, 5.74) is 0.802. The van der Waals surface area contributed by atoms with Crippen LogP contribution in [0.2, 0.25) is 0 Å². The summed E-state index contributed by atoms with van der Waals surface area (Å²) in [4.78, 5) is 26.0. The molecule has 0 aromatic carbocycles. The maximum absolute atomic E-state index is 12.1. The van der Waals surface area contributed by atoms with Crippen molar-refractivity contribution in [3.05, 3.63) is 39.9 Å². The molecule has 116 valence electrons.